The Kier molecular flexibility index (Phi) is 5.85. The lowest BCUT2D eigenvalue weighted by Gasteiger charge is -2.17. The van der Waals surface area contributed by atoms with Gasteiger partial charge < -0.3 is 0 Å². The highest BCUT2D eigenvalue weighted by atomic mass is 32.2. The smallest absolute Gasteiger partial charge is 0.162 e. The maximum atomic E-state index is 14.2. The van der Waals surface area contributed by atoms with Crippen LogP contribution in [0.4, 0.5) is 10.2 Å². The Morgan fingerprint density at radius 1 is 0.938 bits per heavy atom. The Morgan fingerprint density at radius 3 is 2.53 bits per heavy atom. The fraction of sp³-hybridized carbons (Fsp3) is 0.200. The van der Waals surface area contributed by atoms with Gasteiger partial charge in [-0.15, -0.1) is 11.3 Å². The van der Waals surface area contributed by atoms with Crippen molar-refractivity contribution in [2.45, 2.75) is 35.8 Å². The van der Waals surface area contributed by atoms with E-state index in [1.165, 1.54) is 23.5 Å². The summed E-state index contributed by atoms with van der Waals surface area (Å²) in [5.41, 5.74) is 1.65. The molecule has 1 aliphatic carbocycles. The topological polar surface area (TPSA) is 55.2 Å². The van der Waals surface area contributed by atoms with Crippen molar-refractivity contribution < 1.29 is 8.60 Å². The number of hydrogen-bond acceptors (Lipinski definition) is 5. The van der Waals surface area contributed by atoms with E-state index < -0.39 is 9.73 Å². The van der Waals surface area contributed by atoms with E-state index >= 15 is 0 Å². The summed E-state index contributed by atoms with van der Waals surface area (Å²) < 4.78 is 32.5. The van der Waals surface area contributed by atoms with E-state index in [0.717, 1.165) is 51.6 Å². The second-order valence-electron chi connectivity index (χ2n) is 7.82. The number of aromatic nitrogens is 2. The quantitative estimate of drug-likeness (QED) is 0.317. The van der Waals surface area contributed by atoms with Crippen LogP contribution in [0.15, 0.2) is 88.4 Å². The average molecular weight is 464 g/mol. The van der Waals surface area contributed by atoms with Crippen molar-refractivity contribution in [1.82, 2.24) is 9.97 Å². The van der Waals surface area contributed by atoms with Crippen molar-refractivity contribution in [3.8, 4) is 21.0 Å². The molecule has 0 spiro atoms. The first-order chi connectivity index (χ1) is 15.6. The van der Waals surface area contributed by atoms with Gasteiger partial charge in [0.25, 0.3) is 0 Å². The summed E-state index contributed by atoms with van der Waals surface area (Å²) in [6.07, 6.45) is 7.47. The van der Waals surface area contributed by atoms with E-state index in [1.807, 2.05) is 48.5 Å². The number of benzene rings is 2. The van der Waals surface area contributed by atoms with Crippen molar-refractivity contribution in [2.24, 2.45) is 4.36 Å². The zero-order valence-corrected chi connectivity index (χ0v) is 19.0. The third-order valence-electron chi connectivity index (χ3n) is 5.67. The molecule has 32 heavy (non-hydrogen) atoms. The summed E-state index contributed by atoms with van der Waals surface area (Å²) in [5, 5.41) is 0.784. The van der Waals surface area contributed by atoms with Crippen LogP contribution in [-0.4, -0.2) is 19.4 Å². The van der Waals surface area contributed by atoms with E-state index in [9.17, 15) is 8.60 Å². The van der Waals surface area contributed by atoms with Crippen LogP contribution in [0.5, 0.6) is 0 Å². The van der Waals surface area contributed by atoms with Crippen LogP contribution in [-0.2, 0) is 9.73 Å². The first kappa shape index (κ1) is 21.0. The molecular weight excluding hydrogens is 441 g/mol. The molecule has 2 aromatic carbocycles. The predicted molar refractivity (Wildman–Crippen MR) is 128 cm³/mol. The Bertz CT molecular complexity index is 1350. The molecule has 4 nitrogen and oxygen atoms in total. The van der Waals surface area contributed by atoms with E-state index in [0.29, 0.717) is 5.82 Å². The Labute approximate surface area is 191 Å². The number of halogens is 1. The lowest BCUT2D eigenvalue weighted by Crippen LogP contribution is -2.17. The first-order valence-corrected chi connectivity index (χ1v) is 13.0. The van der Waals surface area contributed by atoms with E-state index in [1.54, 1.807) is 18.5 Å². The lowest BCUT2D eigenvalue weighted by atomic mass is 10.2. The standard InChI is InChI=1S/C25H22FN3OS2/c26-20-8-6-7-19(15-20)25-28-17-23(31-25)18-13-14-27-24(16-18)29-32(30,22-11-4-5-12-22)21-9-2-1-3-10-21/h1-3,6-10,13-17,22H,4-5,11-12H2. The monoisotopic (exact) mass is 463 g/mol. The molecule has 0 N–H and O–H groups in total. The summed E-state index contributed by atoms with van der Waals surface area (Å²) >= 11 is 1.48. The summed E-state index contributed by atoms with van der Waals surface area (Å²) in [6, 6.07) is 19.7. The minimum absolute atomic E-state index is 0.0401. The van der Waals surface area contributed by atoms with Crippen molar-refractivity contribution >= 4 is 26.9 Å². The summed E-state index contributed by atoms with van der Waals surface area (Å²) in [4.78, 5) is 10.6. The van der Waals surface area contributed by atoms with Crippen LogP contribution in [0.25, 0.3) is 21.0 Å². The Balaban J connectivity index is 1.54. The van der Waals surface area contributed by atoms with Gasteiger partial charge in [0.05, 0.1) is 14.6 Å². The largest absolute Gasteiger partial charge is 0.244 e. The molecule has 1 atom stereocenters. The molecule has 0 radical (unpaired) electrons. The minimum atomic E-state index is -2.63. The highest BCUT2D eigenvalue weighted by Gasteiger charge is 2.29. The lowest BCUT2D eigenvalue weighted by molar-refractivity contribution is 0.628. The molecule has 0 bridgehead atoms. The number of thiazole rings is 1. The summed E-state index contributed by atoms with van der Waals surface area (Å²) in [7, 11) is -2.63. The van der Waals surface area contributed by atoms with Crippen molar-refractivity contribution in [1.29, 1.82) is 0 Å². The van der Waals surface area contributed by atoms with Gasteiger partial charge in [0.15, 0.2) is 5.82 Å². The molecule has 1 aliphatic rings. The van der Waals surface area contributed by atoms with Crippen LogP contribution in [0, 0.1) is 5.82 Å². The molecule has 1 saturated carbocycles. The molecule has 1 fully saturated rings. The second-order valence-corrected chi connectivity index (χ2v) is 11.3. The van der Waals surface area contributed by atoms with Gasteiger partial charge in [-0.25, -0.2) is 18.6 Å². The fourth-order valence-corrected chi connectivity index (χ4v) is 7.51. The first-order valence-electron chi connectivity index (χ1n) is 10.6. The fourth-order valence-electron chi connectivity index (χ4n) is 4.07. The van der Waals surface area contributed by atoms with Crippen LogP contribution in [0.3, 0.4) is 0 Å². The van der Waals surface area contributed by atoms with E-state index in [2.05, 4.69) is 9.97 Å². The highest BCUT2D eigenvalue weighted by molar-refractivity contribution is 7.94. The zero-order valence-electron chi connectivity index (χ0n) is 17.4. The normalized spacial score (nSPS) is 16.0. The van der Waals surface area contributed by atoms with Gasteiger partial charge in [-0.05, 0) is 54.8 Å². The van der Waals surface area contributed by atoms with Crippen LogP contribution in [0.1, 0.15) is 25.7 Å². The van der Waals surface area contributed by atoms with Gasteiger partial charge in [0, 0.05) is 28.1 Å². The third kappa shape index (κ3) is 4.23. The molecule has 0 amide bonds. The molecule has 5 rings (SSSR count). The Hall–Kier alpha value is -2.90. The van der Waals surface area contributed by atoms with Gasteiger partial charge in [0.2, 0.25) is 0 Å². The number of pyridine rings is 1. The van der Waals surface area contributed by atoms with E-state index in [4.69, 9.17) is 4.36 Å². The zero-order chi connectivity index (χ0) is 22.0. The van der Waals surface area contributed by atoms with Crippen LogP contribution in [0.2, 0.25) is 0 Å². The van der Waals surface area contributed by atoms with Crippen molar-refractivity contribution in [3.63, 3.8) is 0 Å². The molecule has 0 aliphatic heterocycles. The van der Waals surface area contributed by atoms with Gasteiger partial charge >= 0.3 is 0 Å². The SMILES string of the molecule is O=S(=Nc1cc(-c2cnc(-c3cccc(F)c3)s2)ccn1)(c1ccccc1)C1CCCC1. The molecule has 162 valence electrons. The van der Waals surface area contributed by atoms with Gasteiger partial charge in [-0.2, -0.15) is 4.36 Å². The van der Waals surface area contributed by atoms with Crippen molar-refractivity contribution in [3.05, 3.63) is 84.9 Å². The third-order valence-corrected chi connectivity index (χ3v) is 9.55. The molecular formula is C25H22FN3OS2. The molecule has 0 saturated heterocycles. The summed E-state index contributed by atoms with van der Waals surface area (Å²) in [5.74, 6) is 0.177. The average Bonchev–Trinajstić information content (AvgIpc) is 3.53. The molecule has 2 aromatic heterocycles. The molecule has 4 aromatic rings. The van der Waals surface area contributed by atoms with Gasteiger partial charge in [0.1, 0.15) is 10.8 Å². The van der Waals surface area contributed by atoms with Gasteiger partial charge in [-0.3, -0.25) is 0 Å². The number of hydrogen-bond donors (Lipinski definition) is 0. The van der Waals surface area contributed by atoms with Crippen LogP contribution >= 0.6 is 11.3 Å². The maximum Gasteiger partial charge on any atom is 0.162 e. The highest BCUT2D eigenvalue weighted by Crippen LogP contribution is 2.36. The number of nitrogens with zero attached hydrogens (tertiary/aromatic N) is 3. The molecule has 1 unspecified atom stereocenters. The molecule has 7 heteroatoms. The number of rotatable bonds is 5. The second kappa shape index (κ2) is 8.92. The van der Waals surface area contributed by atoms with Gasteiger partial charge in [-0.1, -0.05) is 43.2 Å². The maximum absolute atomic E-state index is 14.2. The minimum Gasteiger partial charge on any atom is -0.244 e. The Morgan fingerprint density at radius 2 is 1.75 bits per heavy atom. The van der Waals surface area contributed by atoms with E-state index in [-0.39, 0.29) is 11.1 Å². The van der Waals surface area contributed by atoms with Crippen LogP contribution < -0.4 is 0 Å². The predicted octanol–water partition coefficient (Wildman–Crippen LogP) is 7.11. The summed E-state index contributed by atoms with van der Waals surface area (Å²) in [6.45, 7) is 0. The molecule has 2 heterocycles. The van der Waals surface area contributed by atoms with Crippen molar-refractivity contribution in [2.75, 3.05) is 0 Å².